The first-order chi connectivity index (χ1) is 14.5. The second-order valence-corrected chi connectivity index (χ2v) is 7.92. The maximum Gasteiger partial charge on any atom is 0.262 e. The average molecular weight is 420 g/mol. The Hall–Kier alpha value is -3.39. The van der Waals surface area contributed by atoms with Gasteiger partial charge in [-0.3, -0.25) is 9.59 Å². The number of anilines is 1. The molecule has 0 aliphatic heterocycles. The van der Waals surface area contributed by atoms with Crippen LogP contribution in [0, 0.1) is 13.8 Å². The number of thioether (sulfide) groups is 1. The van der Waals surface area contributed by atoms with E-state index in [1.54, 1.807) is 16.6 Å². The van der Waals surface area contributed by atoms with Gasteiger partial charge in [0, 0.05) is 12.7 Å². The number of carbonyl (C=O) groups excluding carboxylic acids is 1. The molecule has 2 aromatic heterocycles. The molecule has 152 valence electrons. The Balaban J connectivity index is 1.62. The molecule has 0 unspecified atom stereocenters. The number of fused-ring (bicyclic) bond motifs is 1. The van der Waals surface area contributed by atoms with E-state index in [9.17, 15) is 9.59 Å². The minimum absolute atomic E-state index is 0.0861. The van der Waals surface area contributed by atoms with Crippen LogP contribution < -0.4 is 10.5 Å². The summed E-state index contributed by atoms with van der Waals surface area (Å²) >= 11 is 1.20. The van der Waals surface area contributed by atoms with Gasteiger partial charge in [-0.1, -0.05) is 42.1 Å². The fourth-order valence-electron chi connectivity index (χ4n) is 3.13. The first kappa shape index (κ1) is 19.9. The maximum absolute atomic E-state index is 12.6. The molecule has 0 saturated carbocycles. The molecule has 0 aliphatic rings. The van der Waals surface area contributed by atoms with E-state index in [-0.39, 0.29) is 17.2 Å². The number of hydrogen-bond donors (Lipinski definition) is 1. The molecule has 0 bridgehead atoms. The number of hydrogen-bond acceptors (Lipinski definition) is 5. The second kappa shape index (κ2) is 8.16. The molecule has 0 aliphatic carbocycles. The average Bonchev–Trinajstić information content (AvgIpc) is 3.18. The topological polar surface area (TPSA) is 83.9 Å². The summed E-state index contributed by atoms with van der Waals surface area (Å²) in [6.45, 7) is 4.04. The molecule has 2 aromatic carbocycles. The zero-order valence-corrected chi connectivity index (χ0v) is 17.7. The first-order valence-electron chi connectivity index (χ1n) is 9.45. The quantitative estimate of drug-likeness (QED) is 0.395. The van der Waals surface area contributed by atoms with Crippen molar-refractivity contribution in [3.05, 3.63) is 76.2 Å². The highest BCUT2D eigenvalue weighted by Crippen LogP contribution is 2.22. The summed E-state index contributed by atoms with van der Waals surface area (Å²) in [5.41, 5.74) is 4.08. The van der Waals surface area contributed by atoms with Gasteiger partial charge in [0.05, 0.1) is 17.6 Å². The predicted molar refractivity (Wildman–Crippen MR) is 120 cm³/mol. The molecule has 0 radical (unpaired) electrons. The highest BCUT2D eigenvalue weighted by atomic mass is 32.2. The molecule has 4 aromatic rings. The van der Waals surface area contributed by atoms with Crippen LogP contribution in [0.4, 0.5) is 5.69 Å². The number of nitrogens with one attached hydrogen (secondary N) is 1. The van der Waals surface area contributed by atoms with Gasteiger partial charge in [-0.15, -0.1) is 0 Å². The standard InChI is InChI=1S/C22H21N5O2S/c1-14-8-7-11-18(15(14)2)27-20-17(12-23-27)21(29)25-22(24-20)30-13-19(28)26(3)16-9-5-4-6-10-16/h4-12H,13H2,1-3H3,(H,24,25,29). The number of rotatable bonds is 5. The smallest absolute Gasteiger partial charge is 0.262 e. The number of aromatic amines is 1. The molecule has 0 saturated heterocycles. The SMILES string of the molecule is Cc1cccc(-n2ncc3c(=O)[nH]c(SCC(=O)N(C)c4ccccc4)nc32)c1C. The fourth-order valence-corrected chi connectivity index (χ4v) is 3.90. The third kappa shape index (κ3) is 3.73. The van der Waals surface area contributed by atoms with Gasteiger partial charge in [0.25, 0.3) is 5.56 Å². The lowest BCUT2D eigenvalue weighted by Crippen LogP contribution is -2.28. The van der Waals surface area contributed by atoms with Crippen LogP contribution in [-0.2, 0) is 4.79 Å². The summed E-state index contributed by atoms with van der Waals surface area (Å²) in [4.78, 5) is 34.0. The summed E-state index contributed by atoms with van der Waals surface area (Å²) < 4.78 is 1.68. The molecule has 30 heavy (non-hydrogen) atoms. The molecule has 0 atom stereocenters. The van der Waals surface area contributed by atoms with Crippen LogP contribution >= 0.6 is 11.8 Å². The van der Waals surface area contributed by atoms with Crippen LogP contribution in [-0.4, -0.2) is 38.5 Å². The zero-order valence-electron chi connectivity index (χ0n) is 16.9. The number of carbonyl (C=O) groups is 1. The molecular weight excluding hydrogens is 398 g/mol. The zero-order chi connectivity index (χ0) is 21.3. The maximum atomic E-state index is 12.6. The summed E-state index contributed by atoms with van der Waals surface area (Å²) in [7, 11) is 1.73. The Morgan fingerprint density at radius 3 is 2.67 bits per heavy atom. The molecule has 0 fully saturated rings. The Kier molecular flexibility index (Phi) is 5.41. The third-order valence-corrected chi connectivity index (χ3v) is 5.93. The van der Waals surface area contributed by atoms with Crippen molar-refractivity contribution in [2.24, 2.45) is 0 Å². The Morgan fingerprint density at radius 1 is 1.13 bits per heavy atom. The van der Waals surface area contributed by atoms with Gasteiger partial charge in [0.2, 0.25) is 5.91 Å². The number of para-hydroxylation sites is 1. The van der Waals surface area contributed by atoms with E-state index >= 15 is 0 Å². The van der Waals surface area contributed by atoms with E-state index in [4.69, 9.17) is 0 Å². The molecule has 1 N–H and O–H groups in total. The van der Waals surface area contributed by atoms with Crippen molar-refractivity contribution in [1.29, 1.82) is 0 Å². The minimum Gasteiger partial charge on any atom is -0.315 e. The molecule has 7 nitrogen and oxygen atoms in total. The van der Waals surface area contributed by atoms with Crippen molar-refractivity contribution in [1.82, 2.24) is 19.7 Å². The summed E-state index contributed by atoms with van der Waals surface area (Å²) in [6, 6.07) is 15.3. The highest BCUT2D eigenvalue weighted by Gasteiger charge is 2.16. The monoisotopic (exact) mass is 419 g/mol. The van der Waals surface area contributed by atoms with E-state index in [2.05, 4.69) is 15.1 Å². The lowest BCUT2D eigenvalue weighted by molar-refractivity contribution is -0.115. The molecule has 1 amide bonds. The van der Waals surface area contributed by atoms with Crippen LogP contribution in [0.1, 0.15) is 11.1 Å². The number of aryl methyl sites for hydroxylation is 1. The van der Waals surface area contributed by atoms with Crippen LogP contribution in [0.5, 0.6) is 0 Å². The Labute approximate surface area is 177 Å². The van der Waals surface area contributed by atoms with Crippen LogP contribution in [0.2, 0.25) is 0 Å². The molecule has 8 heteroatoms. The number of amides is 1. The van der Waals surface area contributed by atoms with Crippen LogP contribution in [0.25, 0.3) is 16.7 Å². The van der Waals surface area contributed by atoms with E-state index in [1.807, 2.05) is 62.4 Å². The van der Waals surface area contributed by atoms with Crippen molar-refractivity contribution in [2.75, 3.05) is 17.7 Å². The minimum atomic E-state index is -0.275. The molecule has 0 spiro atoms. The predicted octanol–water partition coefficient (Wildman–Crippen LogP) is 3.48. The van der Waals surface area contributed by atoms with Crippen molar-refractivity contribution >= 4 is 34.4 Å². The number of H-pyrrole nitrogens is 1. The molecule has 4 rings (SSSR count). The van der Waals surface area contributed by atoms with E-state index < -0.39 is 0 Å². The van der Waals surface area contributed by atoms with Gasteiger partial charge < -0.3 is 9.88 Å². The fraction of sp³-hybridized carbons (Fsp3) is 0.182. The summed E-state index contributed by atoms with van der Waals surface area (Å²) in [6.07, 6.45) is 1.52. The Morgan fingerprint density at radius 2 is 1.90 bits per heavy atom. The van der Waals surface area contributed by atoms with Gasteiger partial charge in [0.15, 0.2) is 10.8 Å². The second-order valence-electron chi connectivity index (χ2n) is 6.96. The van der Waals surface area contributed by atoms with E-state index in [0.29, 0.717) is 16.2 Å². The Bertz CT molecular complexity index is 1280. The van der Waals surface area contributed by atoms with Crippen molar-refractivity contribution in [3.63, 3.8) is 0 Å². The largest absolute Gasteiger partial charge is 0.315 e. The lowest BCUT2D eigenvalue weighted by atomic mass is 10.1. The normalized spacial score (nSPS) is 11.0. The van der Waals surface area contributed by atoms with Crippen LogP contribution in [0.15, 0.2) is 64.7 Å². The summed E-state index contributed by atoms with van der Waals surface area (Å²) in [5, 5.41) is 5.18. The lowest BCUT2D eigenvalue weighted by Gasteiger charge is -2.16. The number of benzene rings is 2. The van der Waals surface area contributed by atoms with Gasteiger partial charge in [-0.25, -0.2) is 9.67 Å². The van der Waals surface area contributed by atoms with Gasteiger partial charge in [0.1, 0.15) is 5.39 Å². The third-order valence-electron chi connectivity index (χ3n) is 5.07. The van der Waals surface area contributed by atoms with Gasteiger partial charge in [-0.05, 0) is 43.2 Å². The molecule has 2 heterocycles. The first-order valence-corrected chi connectivity index (χ1v) is 10.4. The van der Waals surface area contributed by atoms with E-state index in [0.717, 1.165) is 22.5 Å². The van der Waals surface area contributed by atoms with Gasteiger partial charge in [-0.2, -0.15) is 5.10 Å². The van der Waals surface area contributed by atoms with Crippen molar-refractivity contribution in [2.45, 2.75) is 19.0 Å². The van der Waals surface area contributed by atoms with Crippen molar-refractivity contribution < 1.29 is 4.79 Å². The molecular formula is C22H21N5O2S. The van der Waals surface area contributed by atoms with Crippen molar-refractivity contribution in [3.8, 4) is 5.69 Å². The van der Waals surface area contributed by atoms with Gasteiger partial charge >= 0.3 is 0 Å². The number of aromatic nitrogens is 4. The van der Waals surface area contributed by atoms with Crippen LogP contribution in [0.3, 0.4) is 0 Å². The number of nitrogens with zero attached hydrogens (tertiary/aromatic N) is 4. The summed E-state index contributed by atoms with van der Waals surface area (Å²) in [5.74, 6) is 0.0641. The van der Waals surface area contributed by atoms with E-state index in [1.165, 1.54) is 18.0 Å². The highest BCUT2D eigenvalue weighted by molar-refractivity contribution is 7.99.